The van der Waals surface area contributed by atoms with Gasteiger partial charge < -0.3 is 15.3 Å². The summed E-state index contributed by atoms with van der Waals surface area (Å²) in [5.74, 6) is 0.672. The first-order valence-corrected chi connectivity index (χ1v) is 6.30. The summed E-state index contributed by atoms with van der Waals surface area (Å²) in [6, 6.07) is 8.62. The van der Waals surface area contributed by atoms with Crippen LogP contribution in [0.1, 0.15) is 18.4 Å². The summed E-state index contributed by atoms with van der Waals surface area (Å²) in [6.07, 6.45) is 1.89. The number of aliphatic hydroxyl groups excluding tert-OH is 1. The van der Waals surface area contributed by atoms with Crippen molar-refractivity contribution < 1.29 is 5.11 Å². The van der Waals surface area contributed by atoms with Crippen LogP contribution >= 0.6 is 0 Å². The van der Waals surface area contributed by atoms with Gasteiger partial charge in [0, 0.05) is 26.3 Å². The van der Waals surface area contributed by atoms with Gasteiger partial charge in [-0.2, -0.15) is 0 Å². The van der Waals surface area contributed by atoms with Crippen LogP contribution in [0, 0.1) is 5.92 Å². The van der Waals surface area contributed by atoms with Crippen molar-refractivity contribution in [2.24, 2.45) is 5.92 Å². The molecule has 1 aliphatic carbocycles. The summed E-state index contributed by atoms with van der Waals surface area (Å²) < 4.78 is 0. The van der Waals surface area contributed by atoms with Crippen molar-refractivity contribution in [1.29, 1.82) is 0 Å². The Bertz CT molecular complexity index is 342. The maximum atomic E-state index is 9.18. The normalized spacial score (nSPS) is 23.2. The molecule has 17 heavy (non-hydrogen) atoms. The smallest absolute Gasteiger partial charge is 0.0546 e. The van der Waals surface area contributed by atoms with Crippen LogP contribution in [0.15, 0.2) is 24.3 Å². The van der Waals surface area contributed by atoms with Crippen molar-refractivity contribution in [1.82, 2.24) is 5.32 Å². The van der Waals surface area contributed by atoms with E-state index in [2.05, 4.69) is 48.6 Å². The second-order valence-electron chi connectivity index (χ2n) is 5.18. The highest BCUT2D eigenvalue weighted by Crippen LogP contribution is 2.26. The molecule has 0 aliphatic heterocycles. The van der Waals surface area contributed by atoms with Gasteiger partial charge in [0.15, 0.2) is 0 Å². The first kappa shape index (κ1) is 12.4. The maximum absolute atomic E-state index is 9.18. The van der Waals surface area contributed by atoms with Crippen molar-refractivity contribution in [3.8, 4) is 0 Å². The van der Waals surface area contributed by atoms with Crippen molar-refractivity contribution in [3.05, 3.63) is 29.8 Å². The van der Waals surface area contributed by atoms with Gasteiger partial charge in [0.25, 0.3) is 0 Å². The van der Waals surface area contributed by atoms with E-state index in [9.17, 15) is 5.11 Å². The van der Waals surface area contributed by atoms with Crippen LogP contribution in [0.3, 0.4) is 0 Å². The van der Waals surface area contributed by atoms with E-state index in [1.165, 1.54) is 11.3 Å². The number of benzene rings is 1. The largest absolute Gasteiger partial charge is 0.393 e. The third-order valence-corrected chi connectivity index (χ3v) is 3.43. The molecule has 0 radical (unpaired) electrons. The Labute approximate surface area is 103 Å². The third kappa shape index (κ3) is 3.45. The Morgan fingerprint density at radius 3 is 2.41 bits per heavy atom. The van der Waals surface area contributed by atoms with E-state index in [0.29, 0.717) is 5.92 Å². The molecule has 1 saturated carbocycles. The van der Waals surface area contributed by atoms with E-state index in [4.69, 9.17) is 0 Å². The fourth-order valence-electron chi connectivity index (χ4n) is 2.20. The van der Waals surface area contributed by atoms with Crippen molar-refractivity contribution in [3.63, 3.8) is 0 Å². The Morgan fingerprint density at radius 2 is 1.88 bits per heavy atom. The molecule has 2 N–H and O–H groups in total. The highest BCUT2D eigenvalue weighted by atomic mass is 16.3. The molecule has 0 heterocycles. The molecule has 0 unspecified atom stereocenters. The predicted octanol–water partition coefficient (Wildman–Crippen LogP) is 1.61. The van der Waals surface area contributed by atoms with Gasteiger partial charge in [-0.25, -0.2) is 0 Å². The fraction of sp³-hybridized carbons (Fsp3) is 0.571. The second-order valence-corrected chi connectivity index (χ2v) is 5.18. The lowest BCUT2D eigenvalue weighted by atomic mass is 9.82. The first-order valence-electron chi connectivity index (χ1n) is 6.30. The molecule has 1 aliphatic rings. The highest BCUT2D eigenvalue weighted by molar-refractivity contribution is 5.45. The van der Waals surface area contributed by atoms with Crippen molar-refractivity contribution in [2.75, 3.05) is 25.5 Å². The molecule has 2 rings (SSSR count). The molecule has 1 aromatic rings. The minimum Gasteiger partial charge on any atom is -0.393 e. The Balaban J connectivity index is 1.71. The minimum absolute atomic E-state index is 0.0406. The van der Waals surface area contributed by atoms with Gasteiger partial charge in [-0.3, -0.25) is 0 Å². The standard InChI is InChI=1S/C14H22N2O/c1-16(2)13-5-3-11(4-6-13)9-15-10-12-7-14(17)8-12/h3-6,12,14-15,17H,7-10H2,1-2H3. The summed E-state index contributed by atoms with van der Waals surface area (Å²) in [5, 5.41) is 12.6. The van der Waals surface area contributed by atoms with E-state index >= 15 is 0 Å². The van der Waals surface area contributed by atoms with Crippen LogP contribution < -0.4 is 10.2 Å². The summed E-state index contributed by atoms with van der Waals surface area (Å²) >= 11 is 0. The molecule has 1 fully saturated rings. The average Bonchev–Trinajstić information content (AvgIpc) is 2.27. The summed E-state index contributed by atoms with van der Waals surface area (Å²) in [6.45, 7) is 1.94. The van der Waals surface area contributed by atoms with Gasteiger partial charge in [-0.05, 0) is 43.0 Å². The van der Waals surface area contributed by atoms with Crippen LogP contribution in [-0.4, -0.2) is 31.9 Å². The van der Waals surface area contributed by atoms with E-state index < -0.39 is 0 Å². The second kappa shape index (κ2) is 5.52. The predicted molar refractivity (Wildman–Crippen MR) is 71.2 cm³/mol. The molecule has 0 atom stereocenters. The van der Waals surface area contributed by atoms with E-state index in [0.717, 1.165) is 25.9 Å². The monoisotopic (exact) mass is 234 g/mol. The number of rotatable bonds is 5. The van der Waals surface area contributed by atoms with Gasteiger partial charge in [0.05, 0.1) is 6.10 Å². The van der Waals surface area contributed by atoms with Crippen molar-refractivity contribution >= 4 is 5.69 Å². The lowest BCUT2D eigenvalue weighted by Gasteiger charge is -2.31. The summed E-state index contributed by atoms with van der Waals surface area (Å²) in [4.78, 5) is 2.10. The first-order chi connectivity index (χ1) is 8.15. The molecule has 0 bridgehead atoms. The quantitative estimate of drug-likeness (QED) is 0.812. The number of hydrogen-bond donors (Lipinski definition) is 2. The van der Waals surface area contributed by atoms with Crippen LogP contribution in [0.25, 0.3) is 0 Å². The van der Waals surface area contributed by atoms with Crippen LogP contribution in [-0.2, 0) is 6.54 Å². The Hall–Kier alpha value is -1.06. The van der Waals surface area contributed by atoms with Gasteiger partial charge in [-0.15, -0.1) is 0 Å². The Kier molecular flexibility index (Phi) is 4.02. The topological polar surface area (TPSA) is 35.5 Å². The zero-order valence-electron chi connectivity index (χ0n) is 10.7. The summed E-state index contributed by atoms with van der Waals surface area (Å²) in [5.41, 5.74) is 2.55. The van der Waals surface area contributed by atoms with Crippen LogP contribution in [0.4, 0.5) is 5.69 Å². The number of anilines is 1. The highest BCUT2D eigenvalue weighted by Gasteiger charge is 2.26. The molecule has 0 amide bonds. The molecule has 3 heteroatoms. The Morgan fingerprint density at radius 1 is 1.24 bits per heavy atom. The fourth-order valence-corrected chi connectivity index (χ4v) is 2.20. The van der Waals surface area contributed by atoms with Gasteiger partial charge in [-0.1, -0.05) is 12.1 Å². The van der Waals surface area contributed by atoms with Crippen LogP contribution in [0.2, 0.25) is 0 Å². The third-order valence-electron chi connectivity index (χ3n) is 3.43. The van der Waals surface area contributed by atoms with Gasteiger partial charge in [0.1, 0.15) is 0 Å². The number of aliphatic hydroxyl groups is 1. The number of nitrogens with zero attached hydrogens (tertiary/aromatic N) is 1. The minimum atomic E-state index is -0.0406. The molecule has 94 valence electrons. The molecular formula is C14H22N2O. The lowest BCUT2D eigenvalue weighted by molar-refractivity contribution is 0.0430. The molecule has 0 aromatic heterocycles. The van der Waals surface area contributed by atoms with E-state index in [1.807, 2.05) is 0 Å². The summed E-state index contributed by atoms with van der Waals surface area (Å²) in [7, 11) is 4.10. The zero-order chi connectivity index (χ0) is 12.3. The van der Waals surface area contributed by atoms with Crippen LogP contribution in [0.5, 0.6) is 0 Å². The van der Waals surface area contributed by atoms with E-state index in [-0.39, 0.29) is 6.10 Å². The number of nitrogens with one attached hydrogen (secondary N) is 1. The lowest BCUT2D eigenvalue weighted by Crippen LogP contribution is -2.35. The molecule has 3 nitrogen and oxygen atoms in total. The van der Waals surface area contributed by atoms with E-state index in [1.54, 1.807) is 0 Å². The molecular weight excluding hydrogens is 212 g/mol. The zero-order valence-corrected chi connectivity index (χ0v) is 10.7. The van der Waals surface area contributed by atoms with Gasteiger partial charge in [0.2, 0.25) is 0 Å². The van der Waals surface area contributed by atoms with Crippen molar-refractivity contribution in [2.45, 2.75) is 25.5 Å². The maximum Gasteiger partial charge on any atom is 0.0546 e. The SMILES string of the molecule is CN(C)c1ccc(CNCC2CC(O)C2)cc1. The number of hydrogen-bond acceptors (Lipinski definition) is 3. The molecule has 0 saturated heterocycles. The average molecular weight is 234 g/mol. The molecule has 1 aromatic carbocycles. The molecule has 0 spiro atoms. The van der Waals surface area contributed by atoms with Gasteiger partial charge >= 0.3 is 0 Å².